The molecule has 3 heteroatoms. The number of rotatable bonds is 10. The Morgan fingerprint density at radius 3 is 1.35 bits per heavy atom. The van der Waals surface area contributed by atoms with Crippen molar-refractivity contribution in [1.82, 2.24) is 0 Å². The van der Waals surface area contributed by atoms with Crippen LogP contribution < -0.4 is 0 Å². The second-order valence-electron chi connectivity index (χ2n) is 7.45. The lowest BCUT2D eigenvalue weighted by Crippen LogP contribution is -2.40. The summed E-state index contributed by atoms with van der Waals surface area (Å²) in [6, 6.07) is 3.31. The van der Waals surface area contributed by atoms with Gasteiger partial charge in [-0.25, -0.2) is 0 Å². The highest BCUT2D eigenvalue weighted by atomic mass is 28.4. The van der Waals surface area contributed by atoms with Crippen molar-refractivity contribution in [2.75, 3.05) is 0 Å². The van der Waals surface area contributed by atoms with Gasteiger partial charge < -0.3 is 4.43 Å². The van der Waals surface area contributed by atoms with Gasteiger partial charge in [0.05, 0.1) is 6.92 Å². The third-order valence-electron chi connectivity index (χ3n) is 3.86. The van der Waals surface area contributed by atoms with Gasteiger partial charge in [0.2, 0.25) is 0 Å². The summed E-state index contributed by atoms with van der Waals surface area (Å²) < 4.78 is 5.88. The highest BCUT2D eigenvalue weighted by Gasteiger charge is 2.37. The van der Waals surface area contributed by atoms with Gasteiger partial charge in [0.15, 0.2) is 0 Å². The highest BCUT2D eigenvalue weighted by Crippen LogP contribution is 2.32. The second-order valence-corrected chi connectivity index (χ2v) is 11.5. The van der Waals surface area contributed by atoms with E-state index in [0.29, 0.717) is 17.8 Å². The van der Waals surface area contributed by atoms with Crippen molar-refractivity contribution in [3.8, 4) is 0 Å². The van der Waals surface area contributed by atoms with Crippen molar-refractivity contribution in [3.05, 3.63) is 6.92 Å². The quantitative estimate of drug-likeness (QED) is 0.501. The van der Waals surface area contributed by atoms with Crippen LogP contribution in [0.4, 0.5) is 0 Å². The fraction of sp³-hybridized carbons (Fsp3) is 0.882. The molecular formula is C17H35O2Si. The monoisotopic (exact) mass is 299 g/mol. The summed E-state index contributed by atoms with van der Waals surface area (Å²) in [6.45, 7) is 17.0. The minimum atomic E-state index is -1.96. The number of carbonyl (C=O) groups excluding carboxylic acids is 1. The molecule has 0 spiro atoms. The number of hydrogen-bond donors (Lipinski definition) is 0. The van der Waals surface area contributed by atoms with Crippen LogP contribution in [0.1, 0.15) is 60.8 Å². The maximum atomic E-state index is 11.5. The molecule has 20 heavy (non-hydrogen) atoms. The van der Waals surface area contributed by atoms with Gasteiger partial charge in [0.1, 0.15) is 0 Å². The normalized spacial score (nSPS) is 12.5. The smallest absolute Gasteiger partial charge is 0.293 e. The van der Waals surface area contributed by atoms with Crippen LogP contribution >= 0.6 is 0 Å². The van der Waals surface area contributed by atoms with Gasteiger partial charge in [-0.1, -0.05) is 60.8 Å². The zero-order chi connectivity index (χ0) is 15.8. The first kappa shape index (κ1) is 19.7. The van der Waals surface area contributed by atoms with E-state index in [2.05, 4.69) is 48.5 Å². The largest absolute Gasteiger partial charge is 0.519 e. The van der Waals surface area contributed by atoms with Crippen molar-refractivity contribution in [2.45, 2.75) is 78.9 Å². The van der Waals surface area contributed by atoms with E-state index < -0.39 is 8.32 Å². The Morgan fingerprint density at radius 1 is 0.850 bits per heavy atom. The van der Waals surface area contributed by atoms with Gasteiger partial charge in [0.25, 0.3) is 14.3 Å². The zero-order valence-electron chi connectivity index (χ0n) is 14.5. The van der Waals surface area contributed by atoms with Crippen molar-refractivity contribution in [2.24, 2.45) is 17.8 Å². The fourth-order valence-corrected chi connectivity index (χ4v) is 7.27. The van der Waals surface area contributed by atoms with Gasteiger partial charge in [-0.15, -0.1) is 0 Å². The topological polar surface area (TPSA) is 26.3 Å². The molecule has 0 aliphatic carbocycles. The first-order chi connectivity index (χ1) is 9.17. The van der Waals surface area contributed by atoms with Crippen molar-refractivity contribution in [1.29, 1.82) is 0 Å². The average Bonchev–Trinajstić information content (AvgIpc) is 2.30. The lowest BCUT2D eigenvalue weighted by Gasteiger charge is -2.32. The minimum absolute atomic E-state index is 0.312. The third-order valence-corrected chi connectivity index (χ3v) is 8.12. The molecule has 0 aromatic heterocycles. The molecule has 0 aromatic rings. The molecule has 0 heterocycles. The Labute approximate surface area is 127 Å². The van der Waals surface area contributed by atoms with Gasteiger partial charge >= 0.3 is 0 Å². The van der Waals surface area contributed by atoms with Gasteiger partial charge in [-0.3, -0.25) is 4.79 Å². The minimum Gasteiger partial charge on any atom is -0.519 e. The second kappa shape index (κ2) is 9.59. The molecule has 0 rings (SSSR count). The Balaban J connectivity index is 4.88. The fourth-order valence-electron chi connectivity index (χ4n) is 2.42. The lowest BCUT2D eigenvalue weighted by atomic mass is 10.2. The molecule has 119 valence electrons. The van der Waals surface area contributed by atoms with E-state index >= 15 is 0 Å². The van der Waals surface area contributed by atoms with E-state index in [-0.39, 0.29) is 5.97 Å². The summed E-state index contributed by atoms with van der Waals surface area (Å²) in [6.07, 6.45) is 3.49. The molecule has 0 N–H and O–H groups in total. The number of hydrogen-bond acceptors (Lipinski definition) is 2. The first-order valence-corrected chi connectivity index (χ1v) is 10.7. The van der Waals surface area contributed by atoms with E-state index in [1.807, 2.05) is 0 Å². The van der Waals surface area contributed by atoms with Gasteiger partial charge in [0, 0.05) is 0 Å². The molecular weight excluding hydrogens is 264 g/mol. The Morgan fingerprint density at radius 2 is 1.15 bits per heavy atom. The Hall–Kier alpha value is -0.313. The van der Waals surface area contributed by atoms with Crippen molar-refractivity contribution < 1.29 is 9.22 Å². The van der Waals surface area contributed by atoms with Crippen LogP contribution in [0, 0.1) is 24.7 Å². The van der Waals surface area contributed by atoms with Crippen LogP contribution in [-0.2, 0) is 9.22 Å². The third kappa shape index (κ3) is 9.57. The zero-order valence-corrected chi connectivity index (χ0v) is 15.5. The van der Waals surface area contributed by atoms with E-state index in [1.165, 1.54) is 0 Å². The summed E-state index contributed by atoms with van der Waals surface area (Å²) >= 11 is 0. The molecule has 0 unspecified atom stereocenters. The molecule has 0 amide bonds. The molecule has 0 aliphatic heterocycles. The van der Waals surface area contributed by atoms with E-state index in [0.717, 1.165) is 37.4 Å². The van der Waals surface area contributed by atoms with Crippen LogP contribution in [0.5, 0.6) is 0 Å². The van der Waals surface area contributed by atoms with E-state index in [4.69, 9.17) is 4.43 Å². The van der Waals surface area contributed by atoms with Crippen molar-refractivity contribution in [3.63, 3.8) is 0 Å². The van der Waals surface area contributed by atoms with Crippen LogP contribution in [-0.4, -0.2) is 14.3 Å². The molecule has 2 nitrogen and oxygen atoms in total. The van der Waals surface area contributed by atoms with Gasteiger partial charge in [-0.05, 0) is 35.9 Å². The predicted octanol–water partition coefficient (Wildman–Crippen LogP) is 5.45. The molecule has 0 fully saturated rings. The predicted molar refractivity (Wildman–Crippen MR) is 90.0 cm³/mol. The molecule has 0 aliphatic rings. The number of carbonyl (C=O) groups is 1. The first-order valence-electron chi connectivity index (χ1n) is 8.22. The van der Waals surface area contributed by atoms with Crippen LogP contribution in [0.25, 0.3) is 0 Å². The maximum absolute atomic E-state index is 11.5. The summed E-state index contributed by atoms with van der Waals surface area (Å²) in [5.41, 5.74) is 0. The summed E-state index contributed by atoms with van der Waals surface area (Å²) in [5.74, 6) is 1.70. The molecule has 0 bridgehead atoms. The maximum Gasteiger partial charge on any atom is 0.293 e. The molecule has 0 saturated carbocycles. The molecule has 0 aromatic carbocycles. The molecule has 0 atom stereocenters. The van der Waals surface area contributed by atoms with Crippen molar-refractivity contribution >= 4 is 14.3 Å². The summed E-state index contributed by atoms with van der Waals surface area (Å²) in [7, 11) is -1.96. The Bertz CT molecular complexity index is 241. The molecule has 1 radical (unpaired) electrons. The SMILES string of the molecule is [CH2]C(=O)O[Si](CCC(C)C)(CCC(C)C)CCC(C)C. The van der Waals surface area contributed by atoms with Gasteiger partial charge in [-0.2, -0.15) is 0 Å². The average molecular weight is 300 g/mol. The van der Waals surface area contributed by atoms with Crippen LogP contribution in [0.2, 0.25) is 18.1 Å². The van der Waals surface area contributed by atoms with Crippen LogP contribution in [0.3, 0.4) is 0 Å². The van der Waals surface area contributed by atoms with Crippen LogP contribution in [0.15, 0.2) is 0 Å². The standard InChI is InChI=1S/C17H35O2Si/c1-14(2)8-11-20(19-17(7)18,12-9-15(3)4)13-10-16(5)6/h14-16H,7-13H2,1-6H3. The Kier molecular flexibility index (Phi) is 9.44. The highest BCUT2D eigenvalue weighted by molar-refractivity contribution is 6.75. The summed E-state index contributed by atoms with van der Waals surface area (Å²) in [4.78, 5) is 11.5. The lowest BCUT2D eigenvalue weighted by molar-refractivity contribution is -0.130. The van der Waals surface area contributed by atoms with E-state index in [1.54, 1.807) is 0 Å². The van der Waals surface area contributed by atoms with E-state index in [9.17, 15) is 4.79 Å². The summed E-state index contributed by atoms with van der Waals surface area (Å²) in [5, 5.41) is 0. The molecule has 0 saturated heterocycles.